The Morgan fingerprint density at radius 3 is 2.45 bits per heavy atom. The zero-order valence-corrected chi connectivity index (χ0v) is 11.0. The van der Waals surface area contributed by atoms with E-state index in [1.807, 2.05) is 23.1 Å². The van der Waals surface area contributed by atoms with Crippen LogP contribution in [0.25, 0.3) is 11.0 Å². The van der Waals surface area contributed by atoms with Crippen LogP contribution in [0.15, 0.2) is 39.5 Å². The first kappa shape index (κ1) is 11.7. The maximum Gasteiger partial charge on any atom is 0.349 e. The van der Waals surface area contributed by atoms with Crippen molar-refractivity contribution < 1.29 is 9.21 Å². The van der Waals surface area contributed by atoms with Gasteiger partial charge >= 0.3 is 5.63 Å². The topological polar surface area (TPSA) is 50.5 Å². The number of amides is 1. The van der Waals surface area contributed by atoms with Crippen LogP contribution in [0.4, 0.5) is 0 Å². The molecule has 2 fully saturated rings. The second kappa shape index (κ2) is 4.20. The molecule has 0 N–H and O–H groups in total. The predicted molar refractivity (Wildman–Crippen MR) is 74.7 cm³/mol. The summed E-state index contributed by atoms with van der Waals surface area (Å²) in [5.74, 6) is -0.158. The molecule has 0 saturated carbocycles. The minimum absolute atomic E-state index is 0.158. The van der Waals surface area contributed by atoms with Crippen LogP contribution >= 0.6 is 0 Å². The monoisotopic (exact) mass is 269 g/mol. The number of carbonyl (C=O) groups excluding carboxylic acids is 1. The molecule has 4 rings (SSSR count). The van der Waals surface area contributed by atoms with Crippen molar-refractivity contribution in [3.63, 3.8) is 0 Å². The van der Waals surface area contributed by atoms with E-state index in [1.54, 1.807) is 12.1 Å². The van der Waals surface area contributed by atoms with Gasteiger partial charge in [-0.25, -0.2) is 4.79 Å². The Hall–Kier alpha value is -2.10. The third-order valence-corrected chi connectivity index (χ3v) is 4.56. The molecule has 0 spiro atoms. The summed E-state index contributed by atoms with van der Waals surface area (Å²) in [6, 6.07) is 9.58. The zero-order chi connectivity index (χ0) is 13.7. The van der Waals surface area contributed by atoms with E-state index in [4.69, 9.17) is 4.42 Å². The van der Waals surface area contributed by atoms with E-state index in [2.05, 4.69) is 0 Å². The lowest BCUT2D eigenvalue weighted by atomic mass is 10.0. The molecule has 2 aliphatic rings. The summed E-state index contributed by atoms with van der Waals surface area (Å²) in [5.41, 5.74) is 0.168. The Labute approximate surface area is 116 Å². The van der Waals surface area contributed by atoms with Gasteiger partial charge in [0.1, 0.15) is 11.1 Å². The van der Waals surface area contributed by atoms with E-state index in [9.17, 15) is 9.59 Å². The predicted octanol–water partition coefficient (Wildman–Crippen LogP) is 2.56. The van der Waals surface area contributed by atoms with Gasteiger partial charge in [-0.05, 0) is 37.8 Å². The molecule has 4 heteroatoms. The second-order valence-corrected chi connectivity index (χ2v) is 5.66. The molecule has 0 aliphatic carbocycles. The van der Waals surface area contributed by atoms with Gasteiger partial charge in [0, 0.05) is 17.5 Å². The third-order valence-electron chi connectivity index (χ3n) is 4.56. The second-order valence-electron chi connectivity index (χ2n) is 5.66. The summed E-state index contributed by atoms with van der Waals surface area (Å²) in [6.07, 6.45) is 4.26. The fraction of sp³-hybridized carbons (Fsp3) is 0.375. The molecule has 2 saturated heterocycles. The molecule has 20 heavy (non-hydrogen) atoms. The highest BCUT2D eigenvalue weighted by Crippen LogP contribution is 2.38. The maximum atomic E-state index is 12.6. The van der Waals surface area contributed by atoms with Crippen molar-refractivity contribution >= 4 is 16.9 Å². The number of hydrogen-bond donors (Lipinski definition) is 0. The van der Waals surface area contributed by atoms with E-state index in [0.29, 0.717) is 17.7 Å². The molecule has 0 unspecified atom stereocenters. The average Bonchev–Trinajstić information content (AvgIpc) is 3.06. The van der Waals surface area contributed by atoms with Gasteiger partial charge < -0.3 is 9.32 Å². The molecular formula is C16H15NO3. The van der Waals surface area contributed by atoms with Gasteiger partial charge in [-0.3, -0.25) is 4.79 Å². The molecule has 2 bridgehead atoms. The summed E-state index contributed by atoms with van der Waals surface area (Å²) in [5, 5.41) is 0.794. The molecule has 1 aromatic heterocycles. The van der Waals surface area contributed by atoms with E-state index in [1.165, 1.54) is 0 Å². The van der Waals surface area contributed by atoms with Gasteiger partial charge in [0.15, 0.2) is 0 Å². The van der Waals surface area contributed by atoms with Crippen molar-refractivity contribution in [1.29, 1.82) is 0 Å². The van der Waals surface area contributed by atoms with Crippen LogP contribution < -0.4 is 5.63 Å². The van der Waals surface area contributed by atoms with Crippen molar-refractivity contribution in [2.24, 2.45) is 0 Å². The fourth-order valence-electron chi connectivity index (χ4n) is 3.59. The minimum Gasteiger partial charge on any atom is -0.422 e. The first-order valence-electron chi connectivity index (χ1n) is 7.09. The maximum absolute atomic E-state index is 12.6. The quantitative estimate of drug-likeness (QED) is 0.748. The highest BCUT2D eigenvalue weighted by molar-refractivity contribution is 5.97. The third kappa shape index (κ3) is 1.60. The average molecular weight is 269 g/mol. The number of nitrogens with zero attached hydrogens (tertiary/aromatic N) is 1. The van der Waals surface area contributed by atoms with E-state index in [-0.39, 0.29) is 11.5 Å². The van der Waals surface area contributed by atoms with Gasteiger partial charge in [-0.2, -0.15) is 0 Å². The van der Waals surface area contributed by atoms with Gasteiger partial charge in [0.2, 0.25) is 0 Å². The van der Waals surface area contributed by atoms with Crippen LogP contribution in [0.1, 0.15) is 36.0 Å². The molecule has 1 amide bonds. The molecule has 4 nitrogen and oxygen atoms in total. The van der Waals surface area contributed by atoms with Crippen molar-refractivity contribution in [2.75, 3.05) is 0 Å². The molecular weight excluding hydrogens is 254 g/mol. The summed E-state index contributed by atoms with van der Waals surface area (Å²) >= 11 is 0. The van der Waals surface area contributed by atoms with E-state index >= 15 is 0 Å². The summed E-state index contributed by atoms with van der Waals surface area (Å²) < 4.78 is 5.26. The lowest BCUT2D eigenvalue weighted by Crippen LogP contribution is -2.37. The van der Waals surface area contributed by atoms with Crippen molar-refractivity contribution in [3.8, 4) is 0 Å². The number of para-hydroxylation sites is 1. The number of hydrogen-bond acceptors (Lipinski definition) is 3. The fourth-order valence-corrected chi connectivity index (χ4v) is 3.59. The number of benzene rings is 1. The lowest BCUT2D eigenvalue weighted by molar-refractivity contribution is 0.0725. The van der Waals surface area contributed by atoms with Crippen LogP contribution in [-0.2, 0) is 0 Å². The Kier molecular flexibility index (Phi) is 2.46. The standard InChI is InChI=1S/C16H15NO3/c18-15(17-11-5-6-12(17)8-7-11)13-9-10-3-1-2-4-14(10)20-16(13)19/h1-4,9,11-12H,5-8H2. The van der Waals surface area contributed by atoms with Gasteiger partial charge in [-0.15, -0.1) is 0 Å². The smallest absolute Gasteiger partial charge is 0.349 e. The number of fused-ring (bicyclic) bond motifs is 3. The highest BCUT2D eigenvalue weighted by Gasteiger charge is 2.43. The van der Waals surface area contributed by atoms with Gasteiger partial charge in [-0.1, -0.05) is 18.2 Å². The summed E-state index contributed by atoms with van der Waals surface area (Å²) in [6.45, 7) is 0. The Morgan fingerprint density at radius 1 is 1.10 bits per heavy atom. The first-order chi connectivity index (χ1) is 9.74. The van der Waals surface area contributed by atoms with Gasteiger partial charge in [0.05, 0.1) is 0 Å². The molecule has 3 heterocycles. The van der Waals surface area contributed by atoms with Crippen LogP contribution in [0.3, 0.4) is 0 Å². The highest BCUT2D eigenvalue weighted by atomic mass is 16.4. The molecule has 1 aromatic carbocycles. The normalized spacial score (nSPS) is 24.5. The Morgan fingerprint density at radius 2 is 1.75 bits per heavy atom. The molecule has 2 aliphatic heterocycles. The summed E-state index contributed by atoms with van der Waals surface area (Å²) in [7, 11) is 0. The van der Waals surface area contributed by atoms with Crippen LogP contribution in [0.5, 0.6) is 0 Å². The van der Waals surface area contributed by atoms with Crippen LogP contribution in [-0.4, -0.2) is 22.9 Å². The van der Waals surface area contributed by atoms with Gasteiger partial charge in [0.25, 0.3) is 5.91 Å². The lowest BCUT2D eigenvalue weighted by Gasteiger charge is -2.21. The molecule has 0 atom stereocenters. The molecule has 102 valence electrons. The minimum atomic E-state index is -0.528. The van der Waals surface area contributed by atoms with Crippen LogP contribution in [0.2, 0.25) is 0 Å². The van der Waals surface area contributed by atoms with Crippen molar-refractivity contribution in [1.82, 2.24) is 4.90 Å². The Balaban J connectivity index is 1.80. The zero-order valence-electron chi connectivity index (χ0n) is 11.0. The largest absolute Gasteiger partial charge is 0.422 e. The molecule has 2 aromatic rings. The van der Waals surface area contributed by atoms with Crippen LogP contribution in [0, 0.1) is 0 Å². The van der Waals surface area contributed by atoms with Crippen molar-refractivity contribution in [3.05, 3.63) is 46.3 Å². The SMILES string of the molecule is O=C(c1cc2ccccc2oc1=O)N1C2CCC1CC2. The number of carbonyl (C=O) groups is 1. The molecule has 0 radical (unpaired) electrons. The van der Waals surface area contributed by atoms with E-state index in [0.717, 1.165) is 31.1 Å². The first-order valence-corrected chi connectivity index (χ1v) is 7.09. The van der Waals surface area contributed by atoms with Crippen molar-refractivity contribution in [2.45, 2.75) is 37.8 Å². The summed E-state index contributed by atoms with van der Waals surface area (Å²) in [4.78, 5) is 26.6. The van der Waals surface area contributed by atoms with E-state index < -0.39 is 5.63 Å². The Bertz CT molecular complexity index is 729. The number of rotatable bonds is 1.